The van der Waals surface area contributed by atoms with Crippen LogP contribution in [0.2, 0.25) is 0 Å². The van der Waals surface area contributed by atoms with Gasteiger partial charge in [0.05, 0.1) is 0 Å². The average Bonchev–Trinajstić information content (AvgIpc) is 2.39. The molecule has 0 fully saturated rings. The molecular weight excluding hydrogens is 267 g/mol. The van der Waals surface area contributed by atoms with Crippen LogP contribution in [0.1, 0.15) is 12.5 Å². The van der Waals surface area contributed by atoms with E-state index in [-0.39, 0.29) is 36.3 Å². The summed E-state index contributed by atoms with van der Waals surface area (Å²) in [5, 5.41) is 5.20. The van der Waals surface area contributed by atoms with Crippen LogP contribution in [0.25, 0.3) is 0 Å². The summed E-state index contributed by atoms with van der Waals surface area (Å²) in [7, 11) is 0. The molecule has 2 N–H and O–H groups in total. The lowest BCUT2D eigenvalue weighted by Gasteiger charge is -2.17. The lowest BCUT2D eigenvalue weighted by Crippen LogP contribution is -2.47. The molecule has 1 rings (SSSR count). The van der Waals surface area contributed by atoms with Crippen LogP contribution in [-0.2, 0) is 16.0 Å². The molecule has 0 bridgehead atoms. The number of rotatable bonds is 7. The highest BCUT2D eigenvalue weighted by Gasteiger charge is 2.19. The molecule has 0 saturated carbocycles. The first-order chi connectivity index (χ1) is 9.13. The third-order valence-electron chi connectivity index (χ3n) is 2.46. The number of carbonyl (C=O) groups excluding carboxylic acids is 2. The van der Waals surface area contributed by atoms with Gasteiger partial charge in [-0.2, -0.15) is 3.89 Å². The van der Waals surface area contributed by atoms with E-state index in [9.17, 15) is 13.5 Å². The van der Waals surface area contributed by atoms with Gasteiger partial charge in [-0.1, -0.05) is 30.3 Å². The first-order valence-electron chi connectivity index (χ1n) is 5.95. The van der Waals surface area contributed by atoms with Crippen molar-refractivity contribution in [3.63, 3.8) is 0 Å². The van der Waals surface area contributed by atoms with Crippen LogP contribution in [0.5, 0.6) is 0 Å². The third kappa shape index (κ3) is 6.24. The van der Waals surface area contributed by atoms with E-state index in [1.807, 2.05) is 30.3 Å². The molecule has 0 aromatic heterocycles. The first-order valence-corrected chi connectivity index (χ1v) is 6.84. The van der Waals surface area contributed by atoms with Crippen LogP contribution >= 0.6 is 12.1 Å². The fourth-order valence-electron chi connectivity index (χ4n) is 1.64. The second-order valence-electron chi connectivity index (χ2n) is 4.05. The maximum atomic E-state index is 11.9. The molecule has 0 spiro atoms. The predicted molar refractivity (Wildman–Crippen MR) is 74.3 cm³/mol. The fraction of sp³-hybridized carbons (Fsp3) is 0.385. The Morgan fingerprint density at radius 3 is 2.58 bits per heavy atom. The number of hydrogen-bond donors (Lipinski definition) is 2. The van der Waals surface area contributed by atoms with E-state index in [0.717, 1.165) is 5.56 Å². The van der Waals surface area contributed by atoms with Gasteiger partial charge in [-0.05, 0) is 5.56 Å². The van der Waals surface area contributed by atoms with Crippen molar-refractivity contribution in [1.82, 2.24) is 10.6 Å². The van der Waals surface area contributed by atoms with Gasteiger partial charge in [0.2, 0.25) is 11.8 Å². The van der Waals surface area contributed by atoms with Gasteiger partial charge in [-0.25, -0.2) is 0 Å². The second kappa shape index (κ2) is 8.53. The van der Waals surface area contributed by atoms with Gasteiger partial charge in [0.15, 0.2) is 0 Å². The van der Waals surface area contributed by atoms with Crippen LogP contribution in [0, 0.1) is 0 Å². The quantitative estimate of drug-likeness (QED) is 0.745. The molecule has 0 heterocycles. The molecule has 0 aliphatic heterocycles. The minimum absolute atomic E-state index is 0.171. The maximum Gasteiger partial charge on any atom is 0.242 e. The Morgan fingerprint density at radius 1 is 1.32 bits per heavy atom. The van der Waals surface area contributed by atoms with Crippen LogP contribution in [0.3, 0.4) is 0 Å². The molecule has 19 heavy (non-hydrogen) atoms. The largest absolute Gasteiger partial charge is 0.353 e. The zero-order valence-electron chi connectivity index (χ0n) is 10.7. The van der Waals surface area contributed by atoms with Crippen LogP contribution in [0.15, 0.2) is 30.3 Å². The molecule has 6 heteroatoms. The fourth-order valence-corrected chi connectivity index (χ4v) is 1.82. The van der Waals surface area contributed by atoms with Crippen molar-refractivity contribution >= 4 is 24.0 Å². The molecule has 1 aromatic carbocycles. The van der Waals surface area contributed by atoms with E-state index in [1.54, 1.807) is 0 Å². The zero-order valence-corrected chi connectivity index (χ0v) is 11.5. The van der Waals surface area contributed by atoms with Gasteiger partial charge >= 0.3 is 0 Å². The smallest absolute Gasteiger partial charge is 0.242 e. The summed E-state index contributed by atoms with van der Waals surface area (Å²) in [6.45, 7) is 1.60. The summed E-state index contributed by atoms with van der Waals surface area (Å²) in [6, 6.07) is 8.77. The topological polar surface area (TPSA) is 58.2 Å². The second-order valence-corrected chi connectivity index (χ2v) is 4.67. The summed E-state index contributed by atoms with van der Waals surface area (Å²) < 4.78 is 11.9. The third-order valence-corrected chi connectivity index (χ3v) is 2.81. The van der Waals surface area contributed by atoms with E-state index in [0.29, 0.717) is 6.42 Å². The number of benzene rings is 1. The molecule has 4 nitrogen and oxygen atoms in total. The van der Waals surface area contributed by atoms with E-state index in [1.165, 1.54) is 6.92 Å². The van der Waals surface area contributed by atoms with Crippen molar-refractivity contribution < 1.29 is 13.5 Å². The number of halogens is 1. The van der Waals surface area contributed by atoms with Gasteiger partial charge in [0.25, 0.3) is 0 Å². The normalized spacial score (nSPS) is 11.7. The minimum atomic E-state index is -0.635. The predicted octanol–water partition coefficient (Wildman–Crippen LogP) is 1.47. The van der Waals surface area contributed by atoms with Crippen LogP contribution < -0.4 is 10.6 Å². The Morgan fingerprint density at radius 2 is 2.00 bits per heavy atom. The highest BCUT2D eigenvalue weighted by Crippen LogP contribution is 2.04. The first kappa shape index (κ1) is 15.5. The monoisotopic (exact) mass is 284 g/mol. The average molecular weight is 284 g/mol. The Kier molecular flexibility index (Phi) is 6.95. The van der Waals surface area contributed by atoms with Crippen molar-refractivity contribution in [3.05, 3.63) is 35.9 Å². The summed E-state index contributed by atoms with van der Waals surface area (Å²) in [4.78, 5) is 23.0. The Bertz CT molecular complexity index is 414. The molecule has 0 aliphatic carbocycles. The summed E-state index contributed by atoms with van der Waals surface area (Å²) >= 11 is 0.171. The molecular formula is C13H17FN2O2S. The Hall–Kier alpha value is -1.56. The zero-order chi connectivity index (χ0) is 14.1. The standard InChI is InChI=1S/C13H17FN2O2S/c1-10(17)16-12(13(18)15-7-8-19-14)9-11-5-3-2-4-6-11/h2-6,12H,7-9H2,1H3,(H,15,18)(H,16,17)/t12-/m0/s1. The number of carbonyl (C=O) groups is 2. The van der Waals surface area contributed by atoms with Crippen LogP contribution in [-0.4, -0.2) is 30.2 Å². The highest BCUT2D eigenvalue weighted by molar-refractivity contribution is 7.94. The van der Waals surface area contributed by atoms with Crippen molar-refractivity contribution in [2.24, 2.45) is 0 Å². The Labute approximate surface area is 116 Å². The molecule has 2 amide bonds. The lowest BCUT2D eigenvalue weighted by molar-refractivity contribution is -0.128. The van der Waals surface area contributed by atoms with E-state index in [4.69, 9.17) is 0 Å². The van der Waals surface area contributed by atoms with E-state index < -0.39 is 6.04 Å². The molecule has 104 valence electrons. The molecule has 1 atom stereocenters. The van der Waals surface area contributed by atoms with Gasteiger partial charge in [0.1, 0.15) is 6.04 Å². The molecule has 0 aliphatic rings. The van der Waals surface area contributed by atoms with Crippen molar-refractivity contribution in [2.75, 3.05) is 12.3 Å². The number of amides is 2. The van der Waals surface area contributed by atoms with E-state index >= 15 is 0 Å². The maximum absolute atomic E-state index is 11.9. The number of nitrogens with one attached hydrogen (secondary N) is 2. The molecule has 0 unspecified atom stereocenters. The van der Waals surface area contributed by atoms with Crippen molar-refractivity contribution in [1.29, 1.82) is 0 Å². The molecule has 0 radical (unpaired) electrons. The van der Waals surface area contributed by atoms with E-state index in [2.05, 4.69) is 10.6 Å². The van der Waals surface area contributed by atoms with Gasteiger partial charge in [-0.15, -0.1) is 0 Å². The number of hydrogen-bond acceptors (Lipinski definition) is 3. The Balaban J connectivity index is 2.60. The van der Waals surface area contributed by atoms with Crippen molar-refractivity contribution in [3.8, 4) is 0 Å². The van der Waals surface area contributed by atoms with Crippen molar-refractivity contribution in [2.45, 2.75) is 19.4 Å². The van der Waals surface area contributed by atoms with Gasteiger partial charge < -0.3 is 10.6 Å². The molecule has 0 saturated heterocycles. The summed E-state index contributed by atoms with van der Waals surface area (Å²) in [5.74, 6) is -0.367. The minimum Gasteiger partial charge on any atom is -0.353 e. The lowest BCUT2D eigenvalue weighted by atomic mass is 10.1. The highest BCUT2D eigenvalue weighted by atomic mass is 32.2. The van der Waals surface area contributed by atoms with Crippen LogP contribution in [0.4, 0.5) is 3.89 Å². The summed E-state index contributed by atoms with van der Waals surface area (Å²) in [5.41, 5.74) is 0.955. The summed E-state index contributed by atoms with van der Waals surface area (Å²) in [6.07, 6.45) is 0.412. The molecule has 1 aromatic rings. The van der Waals surface area contributed by atoms with Gasteiger partial charge in [-0.3, -0.25) is 9.59 Å². The van der Waals surface area contributed by atoms with Gasteiger partial charge in [0, 0.05) is 37.8 Å². The SMILES string of the molecule is CC(=O)N[C@@H](Cc1ccccc1)C(=O)NCCSF.